The van der Waals surface area contributed by atoms with Crippen LogP contribution in [0.4, 0.5) is 5.82 Å². The van der Waals surface area contributed by atoms with Crippen LogP contribution in [-0.2, 0) is 16.1 Å². The van der Waals surface area contributed by atoms with Crippen molar-refractivity contribution in [3.63, 3.8) is 0 Å². The molecular formula is C13H20N4O2. The molecule has 0 radical (unpaired) electrons. The maximum atomic E-state index is 11.4. The van der Waals surface area contributed by atoms with Gasteiger partial charge in [0.15, 0.2) is 0 Å². The summed E-state index contributed by atoms with van der Waals surface area (Å²) in [6, 6.07) is 1.76. The van der Waals surface area contributed by atoms with Gasteiger partial charge in [0.25, 0.3) is 0 Å². The molecule has 2 N–H and O–H groups in total. The van der Waals surface area contributed by atoms with Crippen molar-refractivity contribution in [2.24, 2.45) is 5.92 Å². The third-order valence-electron chi connectivity index (χ3n) is 3.41. The normalized spacial score (nSPS) is 17.4. The number of rotatable bonds is 3. The zero-order valence-electron chi connectivity index (χ0n) is 11.4. The van der Waals surface area contributed by atoms with Crippen LogP contribution in [0.25, 0.3) is 0 Å². The SMILES string of the molecule is COC(=O)C1CCN(Cc2nc(C)cc(N)n2)CC1. The van der Waals surface area contributed by atoms with Crippen molar-refractivity contribution in [1.82, 2.24) is 14.9 Å². The zero-order chi connectivity index (χ0) is 13.8. The highest BCUT2D eigenvalue weighted by atomic mass is 16.5. The van der Waals surface area contributed by atoms with Crippen molar-refractivity contribution in [2.45, 2.75) is 26.3 Å². The van der Waals surface area contributed by atoms with Crippen molar-refractivity contribution in [1.29, 1.82) is 0 Å². The van der Waals surface area contributed by atoms with Crippen LogP contribution in [0.15, 0.2) is 6.07 Å². The van der Waals surface area contributed by atoms with E-state index in [0.717, 1.165) is 37.4 Å². The second-order valence-corrected chi connectivity index (χ2v) is 4.92. The summed E-state index contributed by atoms with van der Waals surface area (Å²) in [7, 11) is 1.44. The molecule has 0 aromatic carbocycles. The van der Waals surface area contributed by atoms with E-state index in [1.54, 1.807) is 6.07 Å². The highest BCUT2D eigenvalue weighted by Gasteiger charge is 2.25. The van der Waals surface area contributed by atoms with Crippen molar-refractivity contribution < 1.29 is 9.53 Å². The summed E-state index contributed by atoms with van der Waals surface area (Å²) in [5.74, 6) is 1.18. The van der Waals surface area contributed by atoms with E-state index in [1.165, 1.54) is 7.11 Å². The molecule has 104 valence electrons. The van der Waals surface area contributed by atoms with Gasteiger partial charge in [0.1, 0.15) is 11.6 Å². The molecule has 1 aromatic rings. The molecule has 0 unspecified atom stereocenters. The van der Waals surface area contributed by atoms with Crippen molar-refractivity contribution in [2.75, 3.05) is 25.9 Å². The Morgan fingerprint density at radius 3 is 2.74 bits per heavy atom. The lowest BCUT2D eigenvalue weighted by molar-refractivity contribution is -0.147. The van der Waals surface area contributed by atoms with Gasteiger partial charge >= 0.3 is 5.97 Å². The predicted octanol–water partition coefficient (Wildman–Crippen LogP) is 0.752. The number of nitrogens with zero attached hydrogens (tertiary/aromatic N) is 3. The quantitative estimate of drug-likeness (QED) is 0.811. The molecule has 1 aliphatic heterocycles. The van der Waals surface area contributed by atoms with E-state index in [0.29, 0.717) is 12.4 Å². The average molecular weight is 264 g/mol. The number of carbonyl (C=O) groups excluding carboxylic acids is 1. The Kier molecular flexibility index (Phi) is 4.31. The summed E-state index contributed by atoms with van der Waals surface area (Å²) < 4.78 is 4.78. The number of hydrogen-bond acceptors (Lipinski definition) is 6. The molecule has 0 saturated carbocycles. The fourth-order valence-electron chi connectivity index (χ4n) is 2.42. The van der Waals surface area contributed by atoms with Crippen molar-refractivity contribution >= 4 is 11.8 Å². The Morgan fingerprint density at radius 1 is 1.47 bits per heavy atom. The standard InChI is InChI=1S/C13H20N4O2/c1-9-7-11(14)16-12(15-9)8-17-5-3-10(4-6-17)13(18)19-2/h7,10H,3-6,8H2,1-2H3,(H2,14,15,16). The van der Waals surface area contributed by atoms with Gasteiger partial charge in [-0.2, -0.15) is 0 Å². The number of methoxy groups -OCH3 is 1. The van der Waals surface area contributed by atoms with Gasteiger partial charge in [0, 0.05) is 11.8 Å². The summed E-state index contributed by atoms with van der Waals surface area (Å²) in [6.45, 7) is 4.30. The number of aryl methyl sites for hydroxylation is 1. The molecule has 0 spiro atoms. The van der Waals surface area contributed by atoms with E-state index < -0.39 is 0 Å². The van der Waals surface area contributed by atoms with Crippen LogP contribution in [0.1, 0.15) is 24.4 Å². The lowest BCUT2D eigenvalue weighted by Crippen LogP contribution is -2.36. The lowest BCUT2D eigenvalue weighted by atomic mass is 9.97. The number of esters is 1. The van der Waals surface area contributed by atoms with Crippen molar-refractivity contribution in [3.05, 3.63) is 17.6 Å². The van der Waals surface area contributed by atoms with Crippen LogP contribution in [0.3, 0.4) is 0 Å². The summed E-state index contributed by atoms with van der Waals surface area (Å²) in [5.41, 5.74) is 6.59. The molecule has 0 atom stereocenters. The number of nitrogen functional groups attached to an aromatic ring is 1. The number of nitrogens with two attached hydrogens (primary N) is 1. The van der Waals surface area contributed by atoms with Crippen LogP contribution in [0.2, 0.25) is 0 Å². The molecule has 1 aromatic heterocycles. The average Bonchev–Trinajstić information content (AvgIpc) is 2.37. The van der Waals surface area contributed by atoms with Gasteiger partial charge < -0.3 is 10.5 Å². The largest absolute Gasteiger partial charge is 0.469 e. The first-order chi connectivity index (χ1) is 9.08. The minimum Gasteiger partial charge on any atom is -0.469 e. The van der Waals surface area contributed by atoms with E-state index in [-0.39, 0.29) is 11.9 Å². The van der Waals surface area contributed by atoms with Crippen LogP contribution in [-0.4, -0.2) is 41.0 Å². The van der Waals surface area contributed by atoms with Crippen LogP contribution < -0.4 is 5.73 Å². The van der Waals surface area contributed by atoms with Gasteiger partial charge in [-0.25, -0.2) is 9.97 Å². The molecule has 0 aliphatic carbocycles. The number of carbonyl (C=O) groups is 1. The maximum absolute atomic E-state index is 11.4. The molecule has 1 aliphatic rings. The first-order valence-electron chi connectivity index (χ1n) is 6.48. The smallest absolute Gasteiger partial charge is 0.308 e. The number of ether oxygens (including phenoxy) is 1. The molecule has 1 fully saturated rings. The first kappa shape index (κ1) is 13.7. The first-order valence-corrected chi connectivity index (χ1v) is 6.48. The Bertz CT molecular complexity index is 436. The fourth-order valence-corrected chi connectivity index (χ4v) is 2.42. The second kappa shape index (κ2) is 5.97. The lowest BCUT2D eigenvalue weighted by Gasteiger charge is -2.30. The van der Waals surface area contributed by atoms with Gasteiger partial charge in [0.05, 0.1) is 19.6 Å². The van der Waals surface area contributed by atoms with Gasteiger partial charge in [-0.3, -0.25) is 9.69 Å². The van der Waals surface area contributed by atoms with E-state index in [2.05, 4.69) is 14.9 Å². The molecule has 0 amide bonds. The van der Waals surface area contributed by atoms with Gasteiger partial charge in [-0.05, 0) is 32.9 Å². The van der Waals surface area contributed by atoms with Crippen molar-refractivity contribution in [3.8, 4) is 0 Å². The molecule has 0 bridgehead atoms. The molecule has 2 heterocycles. The summed E-state index contributed by atoms with van der Waals surface area (Å²) in [4.78, 5) is 22.3. The van der Waals surface area contributed by atoms with Gasteiger partial charge in [0.2, 0.25) is 0 Å². The monoisotopic (exact) mass is 264 g/mol. The molecule has 1 saturated heterocycles. The number of anilines is 1. The van der Waals surface area contributed by atoms with Gasteiger partial charge in [-0.1, -0.05) is 0 Å². The topological polar surface area (TPSA) is 81.3 Å². The van der Waals surface area contributed by atoms with E-state index >= 15 is 0 Å². The van der Waals surface area contributed by atoms with E-state index in [4.69, 9.17) is 10.5 Å². The summed E-state index contributed by atoms with van der Waals surface area (Å²) in [5, 5.41) is 0. The zero-order valence-corrected chi connectivity index (χ0v) is 11.4. The molecule has 6 heteroatoms. The summed E-state index contributed by atoms with van der Waals surface area (Å²) in [6.07, 6.45) is 1.65. The molecule has 19 heavy (non-hydrogen) atoms. The van der Waals surface area contributed by atoms with E-state index in [9.17, 15) is 4.79 Å². The Balaban J connectivity index is 1.90. The highest BCUT2D eigenvalue weighted by Crippen LogP contribution is 2.19. The van der Waals surface area contributed by atoms with Crippen LogP contribution in [0.5, 0.6) is 0 Å². The van der Waals surface area contributed by atoms with Crippen LogP contribution in [0, 0.1) is 12.8 Å². The Morgan fingerprint density at radius 2 is 2.16 bits per heavy atom. The van der Waals surface area contributed by atoms with Crippen LogP contribution >= 0.6 is 0 Å². The minimum absolute atomic E-state index is 0.0322. The Labute approximate surface area is 113 Å². The number of hydrogen-bond donors (Lipinski definition) is 1. The predicted molar refractivity (Wildman–Crippen MR) is 71.2 cm³/mol. The number of piperidine rings is 1. The second-order valence-electron chi connectivity index (χ2n) is 4.92. The molecule has 6 nitrogen and oxygen atoms in total. The molecule has 2 rings (SSSR count). The number of aromatic nitrogens is 2. The van der Waals surface area contributed by atoms with E-state index in [1.807, 2.05) is 6.92 Å². The fraction of sp³-hybridized carbons (Fsp3) is 0.615. The maximum Gasteiger partial charge on any atom is 0.308 e. The highest BCUT2D eigenvalue weighted by molar-refractivity contribution is 5.72. The molecular weight excluding hydrogens is 244 g/mol. The van der Waals surface area contributed by atoms with Gasteiger partial charge in [-0.15, -0.1) is 0 Å². The summed E-state index contributed by atoms with van der Waals surface area (Å²) >= 11 is 0. The Hall–Kier alpha value is -1.69. The number of likely N-dealkylation sites (tertiary alicyclic amines) is 1. The third-order valence-corrected chi connectivity index (χ3v) is 3.41. The third kappa shape index (κ3) is 3.64. The minimum atomic E-state index is -0.101.